The Morgan fingerprint density at radius 3 is 1.44 bits per heavy atom. The van der Waals surface area contributed by atoms with Gasteiger partial charge in [0, 0.05) is 11.4 Å². The Morgan fingerprint density at radius 1 is 0.590 bits per heavy atom. The van der Waals surface area contributed by atoms with Gasteiger partial charge in [-0.1, -0.05) is 91.9 Å². The Hall–Kier alpha value is -4.76. The van der Waals surface area contributed by atoms with E-state index < -0.39 is 0 Å². The summed E-state index contributed by atoms with van der Waals surface area (Å²) in [5, 5.41) is 0. The van der Waals surface area contributed by atoms with Crippen molar-refractivity contribution in [3.8, 4) is 28.0 Å². The molecule has 0 spiro atoms. The van der Waals surface area contributed by atoms with E-state index in [0.29, 0.717) is 6.61 Å². The van der Waals surface area contributed by atoms with Gasteiger partial charge in [0.1, 0.15) is 12.4 Å². The molecule has 4 N–H and O–H groups in total. The molecule has 5 rings (SSSR count). The third kappa shape index (κ3) is 6.22. The molecule has 0 aromatic heterocycles. The van der Waals surface area contributed by atoms with Gasteiger partial charge in [-0.15, -0.1) is 0 Å². The summed E-state index contributed by atoms with van der Waals surface area (Å²) in [4.78, 5) is 0. The van der Waals surface area contributed by atoms with Gasteiger partial charge in [-0.05, 0) is 99.8 Å². The van der Waals surface area contributed by atoms with Crippen molar-refractivity contribution in [1.29, 1.82) is 0 Å². The maximum Gasteiger partial charge on any atom is 0.120 e. The summed E-state index contributed by atoms with van der Waals surface area (Å²) in [7, 11) is 0. The van der Waals surface area contributed by atoms with Crippen LogP contribution in [0.1, 0.15) is 30.0 Å². The van der Waals surface area contributed by atoms with Gasteiger partial charge in [0.25, 0.3) is 0 Å². The predicted octanol–water partition coefficient (Wildman–Crippen LogP) is 8.78. The van der Waals surface area contributed by atoms with E-state index in [2.05, 4.69) is 98.8 Å². The van der Waals surface area contributed by atoms with Crippen molar-refractivity contribution in [1.82, 2.24) is 0 Å². The molecule has 0 amide bonds. The summed E-state index contributed by atoms with van der Waals surface area (Å²) in [5.41, 5.74) is 23.9. The second-order valence-electron chi connectivity index (χ2n) is 9.84. The van der Waals surface area contributed by atoms with Crippen LogP contribution in [0.25, 0.3) is 27.8 Å². The second kappa shape index (κ2) is 11.7. The van der Waals surface area contributed by atoms with Crippen LogP contribution >= 0.6 is 0 Å². The fraction of sp³-hybridized carbons (Fsp3) is 0.111. The van der Waals surface area contributed by atoms with Crippen molar-refractivity contribution in [2.75, 3.05) is 18.1 Å². The predicted molar refractivity (Wildman–Crippen MR) is 166 cm³/mol. The van der Waals surface area contributed by atoms with Crippen LogP contribution in [0.5, 0.6) is 5.75 Å². The van der Waals surface area contributed by atoms with Crippen LogP contribution in [0, 0.1) is 6.92 Å². The first-order chi connectivity index (χ1) is 19.0. The molecule has 0 unspecified atom stereocenters. The van der Waals surface area contributed by atoms with Gasteiger partial charge in [-0.25, -0.2) is 0 Å². The third-order valence-corrected chi connectivity index (χ3v) is 7.02. The zero-order valence-corrected chi connectivity index (χ0v) is 22.5. The Morgan fingerprint density at radius 2 is 1.03 bits per heavy atom. The van der Waals surface area contributed by atoms with Crippen LogP contribution in [-0.4, -0.2) is 6.61 Å². The molecule has 5 aromatic carbocycles. The highest BCUT2D eigenvalue weighted by atomic mass is 16.5. The molecular formula is C36H34N2O. The Balaban J connectivity index is 1.52. The highest BCUT2D eigenvalue weighted by Gasteiger charge is 2.13. The first kappa shape index (κ1) is 25.9. The fourth-order valence-electron chi connectivity index (χ4n) is 4.81. The molecule has 0 bridgehead atoms. The summed E-state index contributed by atoms with van der Waals surface area (Å²) in [6, 6.07) is 41.7. The average Bonchev–Trinajstić information content (AvgIpc) is 2.96. The van der Waals surface area contributed by atoms with Crippen LogP contribution in [0.3, 0.4) is 0 Å². The number of nitrogens with two attached hydrogens (primary N) is 2. The van der Waals surface area contributed by atoms with Crippen molar-refractivity contribution in [2.24, 2.45) is 0 Å². The van der Waals surface area contributed by atoms with E-state index >= 15 is 0 Å². The molecule has 0 saturated carbocycles. The molecule has 194 valence electrons. The Kier molecular flexibility index (Phi) is 7.79. The van der Waals surface area contributed by atoms with Crippen LogP contribution in [0.4, 0.5) is 11.4 Å². The standard InChI is InChI=1S/C36H34N2O/c1-3-26(24-39-35-6-4-5-25(2)23-35)36(31-11-7-27(8-12-31)29-15-19-33(37)20-16-29)32-13-9-28(10-14-32)30-17-21-34(38)22-18-30/h4-23H,3,24,37-38H2,1-2H3. The number of hydrogen-bond acceptors (Lipinski definition) is 3. The topological polar surface area (TPSA) is 61.3 Å². The summed E-state index contributed by atoms with van der Waals surface area (Å²) in [5.74, 6) is 0.887. The largest absolute Gasteiger partial charge is 0.489 e. The van der Waals surface area contributed by atoms with E-state index in [1.165, 1.54) is 27.8 Å². The maximum atomic E-state index is 6.29. The average molecular weight is 511 g/mol. The van der Waals surface area contributed by atoms with Gasteiger partial charge < -0.3 is 16.2 Å². The molecule has 3 heteroatoms. The first-order valence-electron chi connectivity index (χ1n) is 13.3. The van der Waals surface area contributed by atoms with Gasteiger partial charge in [-0.2, -0.15) is 0 Å². The van der Waals surface area contributed by atoms with Gasteiger partial charge in [-0.3, -0.25) is 0 Å². The first-order valence-corrected chi connectivity index (χ1v) is 13.3. The highest BCUT2D eigenvalue weighted by Crippen LogP contribution is 2.33. The third-order valence-electron chi connectivity index (χ3n) is 7.02. The lowest BCUT2D eigenvalue weighted by molar-refractivity contribution is 0.349. The van der Waals surface area contributed by atoms with Crippen molar-refractivity contribution in [2.45, 2.75) is 20.3 Å². The SMILES string of the molecule is CCC(COc1cccc(C)c1)=C(c1ccc(-c2ccc(N)cc2)cc1)c1ccc(-c2ccc(N)cc2)cc1. The lowest BCUT2D eigenvalue weighted by Gasteiger charge is -2.18. The van der Waals surface area contributed by atoms with Crippen molar-refractivity contribution in [3.63, 3.8) is 0 Å². The van der Waals surface area contributed by atoms with Crippen molar-refractivity contribution < 1.29 is 4.74 Å². The monoisotopic (exact) mass is 510 g/mol. The van der Waals surface area contributed by atoms with Crippen molar-refractivity contribution in [3.05, 3.63) is 144 Å². The molecule has 39 heavy (non-hydrogen) atoms. The van der Waals surface area contributed by atoms with Crippen LogP contribution in [-0.2, 0) is 0 Å². The highest BCUT2D eigenvalue weighted by molar-refractivity contribution is 5.84. The zero-order valence-electron chi connectivity index (χ0n) is 22.5. The molecule has 0 atom stereocenters. The van der Waals surface area contributed by atoms with E-state index in [1.807, 2.05) is 36.4 Å². The van der Waals surface area contributed by atoms with Gasteiger partial charge >= 0.3 is 0 Å². The van der Waals surface area contributed by atoms with E-state index in [1.54, 1.807) is 0 Å². The normalized spacial score (nSPS) is 10.7. The number of nitrogen functional groups attached to an aromatic ring is 2. The number of benzene rings is 5. The van der Waals surface area contributed by atoms with Crippen molar-refractivity contribution >= 4 is 16.9 Å². The van der Waals surface area contributed by atoms with Gasteiger partial charge in [0.05, 0.1) is 0 Å². The molecular weight excluding hydrogens is 476 g/mol. The number of aryl methyl sites for hydroxylation is 1. The Labute approximate surface area is 231 Å². The van der Waals surface area contributed by atoms with E-state index in [-0.39, 0.29) is 0 Å². The van der Waals surface area contributed by atoms with Gasteiger partial charge in [0.15, 0.2) is 0 Å². The maximum absolute atomic E-state index is 6.29. The molecule has 0 aliphatic carbocycles. The second-order valence-corrected chi connectivity index (χ2v) is 9.84. The van der Waals surface area contributed by atoms with Crippen LogP contribution < -0.4 is 16.2 Å². The minimum absolute atomic E-state index is 0.523. The lowest BCUT2D eigenvalue weighted by Crippen LogP contribution is -2.05. The summed E-state index contributed by atoms with van der Waals surface area (Å²) < 4.78 is 6.29. The Bertz CT molecular complexity index is 1470. The molecule has 5 aromatic rings. The lowest BCUT2D eigenvalue weighted by atomic mass is 9.90. The van der Waals surface area contributed by atoms with Crippen LogP contribution in [0.15, 0.2) is 127 Å². The molecule has 0 radical (unpaired) electrons. The van der Waals surface area contributed by atoms with Crippen LogP contribution in [0.2, 0.25) is 0 Å². The quantitative estimate of drug-likeness (QED) is 0.205. The van der Waals surface area contributed by atoms with E-state index in [4.69, 9.17) is 16.2 Å². The molecule has 0 heterocycles. The van der Waals surface area contributed by atoms with Gasteiger partial charge in [0.2, 0.25) is 0 Å². The smallest absolute Gasteiger partial charge is 0.120 e. The number of anilines is 2. The fourth-order valence-corrected chi connectivity index (χ4v) is 4.81. The summed E-state index contributed by atoms with van der Waals surface area (Å²) >= 11 is 0. The minimum atomic E-state index is 0.523. The molecule has 0 aliphatic rings. The number of hydrogen-bond donors (Lipinski definition) is 2. The summed E-state index contributed by atoms with van der Waals surface area (Å²) in [6.45, 7) is 4.80. The molecule has 0 fully saturated rings. The molecule has 0 saturated heterocycles. The number of ether oxygens (including phenoxy) is 1. The molecule has 0 aliphatic heterocycles. The molecule has 3 nitrogen and oxygen atoms in total. The summed E-state index contributed by atoms with van der Waals surface area (Å²) in [6.07, 6.45) is 0.876. The van der Waals surface area contributed by atoms with E-state index in [0.717, 1.165) is 45.8 Å². The zero-order chi connectivity index (χ0) is 27.2. The number of rotatable bonds is 8. The van der Waals surface area contributed by atoms with E-state index in [9.17, 15) is 0 Å². The minimum Gasteiger partial charge on any atom is -0.489 e.